The number of carbonyl (C=O) groups excluding carboxylic acids is 1. The molecule has 5 aromatic rings. The smallest absolute Gasteiger partial charge is 0.164 e. The molecule has 0 aliphatic heterocycles. The van der Waals surface area contributed by atoms with Gasteiger partial charge in [0.1, 0.15) is 11.6 Å². The molecule has 0 spiro atoms. The maximum absolute atomic E-state index is 13.2. The number of hydrogen-bond acceptors (Lipinski definition) is 5. The first-order valence-corrected chi connectivity index (χ1v) is 19.0. The van der Waals surface area contributed by atoms with Crippen LogP contribution in [0.5, 0.6) is 0 Å². The van der Waals surface area contributed by atoms with E-state index in [1.54, 1.807) is 0 Å². The summed E-state index contributed by atoms with van der Waals surface area (Å²) < 4.78 is 3.42. The van der Waals surface area contributed by atoms with E-state index in [9.17, 15) is 4.79 Å². The number of ketones is 1. The zero-order valence-electron chi connectivity index (χ0n) is 30.6. The average Bonchev–Trinajstić information content (AvgIpc) is 3.41. The summed E-state index contributed by atoms with van der Waals surface area (Å²) >= 11 is 3.57. The Kier molecular flexibility index (Phi) is 11.2. The van der Waals surface area contributed by atoms with E-state index in [1.165, 1.54) is 31.2 Å². The van der Waals surface area contributed by atoms with Gasteiger partial charge in [-0.2, -0.15) is 0 Å². The van der Waals surface area contributed by atoms with Gasteiger partial charge in [0.05, 0.1) is 11.2 Å². The summed E-state index contributed by atoms with van der Waals surface area (Å²) in [5.41, 5.74) is 7.81. The highest BCUT2D eigenvalue weighted by Gasteiger charge is 2.32. The highest BCUT2D eigenvalue weighted by Crippen LogP contribution is 2.39. The Bertz CT molecular complexity index is 1940. The Morgan fingerprint density at radius 2 is 1.68 bits per heavy atom. The van der Waals surface area contributed by atoms with E-state index in [4.69, 9.17) is 0 Å². The van der Waals surface area contributed by atoms with Crippen LogP contribution in [0.4, 0.5) is 5.82 Å². The number of anilines is 1. The SMILES string of the molecule is CC1CCC(CNCc2cccc(-n3c(-c4ccc(Br)cc4)cc4c3CC(C)(C)CCC4=O)c2)CC1.Cc1nc(N(C)C)c2ccccc2n1. The summed E-state index contributed by atoms with van der Waals surface area (Å²) in [6.45, 7) is 10.9. The number of rotatable bonds is 7. The molecule has 6 nitrogen and oxygen atoms in total. The molecule has 0 radical (unpaired) electrons. The van der Waals surface area contributed by atoms with Crippen LogP contribution in [0.2, 0.25) is 0 Å². The van der Waals surface area contributed by atoms with Crippen molar-refractivity contribution in [3.8, 4) is 16.9 Å². The van der Waals surface area contributed by atoms with Crippen molar-refractivity contribution in [2.24, 2.45) is 17.3 Å². The number of benzene rings is 3. The first-order chi connectivity index (χ1) is 24.0. The van der Waals surface area contributed by atoms with Crippen LogP contribution in [0.25, 0.3) is 27.8 Å². The molecule has 0 atom stereocenters. The summed E-state index contributed by atoms with van der Waals surface area (Å²) in [6, 6.07) is 27.5. The average molecular weight is 735 g/mol. The van der Waals surface area contributed by atoms with Crippen LogP contribution in [-0.4, -0.2) is 41.0 Å². The normalized spacial score (nSPS) is 18.6. The molecule has 50 heavy (non-hydrogen) atoms. The van der Waals surface area contributed by atoms with Crippen LogP contribution in [-0.2, 0) is 13.0 Å². The molecule has 7 heteroatoms. The van der Waals surface area contributed by atoms with Gasteiger partial charge in [-0.05, 0) is 110 Å². The fourth-order valence-electron chi connectivity index (χ4n) is 7.50. The van der Waals surface area contributed by atoms with E-state index in [1.807, 2.05) is 50.2 Å². The van der Waals surface area contributed by atoms with Gasteiger partial charge < -0.3 is 14.8 Å². The molecule has 2 aromatic heterocycles. The topological polar surface area (TPSA) is 63.1 Å². The summed E-state index contributed by atoms with van der Waals surface area (Å²) in [5, 5.41) is 4.84. The maximum Gasteiger partial charge on any atom is 0.164 e. The van der Waals surface area contributed by atoms with Crippen LogP contribution in [0, 0.1) is 24.2 Å². The highest BCUT2D eigenvalue weighted by molar-refractivity contribution is 9.10. The number of Topliss-reactive ketones (excluding diaryl/α,β-unsaturated/α-hetero) is 1. The molecule has 1 saturated carbocycles. The third kappa shape index (κ3) is 8.55. The molecule has 2 aliphatic carbocycles. The molecule has 262 valence electrons. The number of nitrogens with zero attached hydrogens (tertiary/aromatic N) is 4. The maximum atomic E-state index is 13.2. The van der Waals surface area contributed by atoms with Gasteiger partial charge in [0.15, 0.2) is 5.78 Å². The van der Waals surface area contributed by atoms with E-state index >= 15 is 0 Å². The van der Waals surface area contributed by atoms with E-state index < -0.39 is 0 Å². The highest BCUT2D eigenvalue weighted by atomic mass is 79.9. The first-order valence-electron chi connectivity index (χ1n) is 18.2. The van der Waals surface area contributed by atoms with Crippen molar-refractivity contribution in [1.29, 1.82) is 0 Å². The van der Waals surface area contributed by atoms with E-state index in [0.29, 0.717) is 6.42 Å². The second-order valence-corrected chi connectivity index (χ2v) is 16.3. The van der Waals surface area contributed by atoms with Crippen LogP contribution >= 0.6 is 15.9 Å². The minimum Gasteiger partial charge on any atom is -0.362 e. The van der Waals surface area contributed by atoms with Crippen molar-refractivity contribution < 1.29 is 4.79 Å². The molecule has 2 aliphatic rings. The first kappa shape index (κ1) is 36.0. The van der Waals surface area contributed by atoms with E-state index in [-0.39, 0.29) is 11.2 Å². The minimum absolute atomic E-state index is 0.0880. The van der Waals surface area contributed by atoms with Crippen LogP contribution < -0.4 is 10.2 Å². The Hall–Kier alpha value is -3.81. The van der Waals surface area contributed by atoms with Gasteiger partial charge in [-0.1, -0.05) is 85.9 Å². The van der Waals surface area contributed by atoms with Crippen LogP contribution in [0.3, 0.4) is 0 Å². The van der Waals surface area contributed by atoms with Crippen molar-refractivity contribution in [2.75, 3.05) is 25.5 Å². The summed E-state index contributed by atoms with van der Waals surface area (Å²) in [6.07, 6.45) is 7.88. The van der Waals surface area contributed by atoms with Gasteiger partial charge in [0, 0.05) is 53.9 Å². The number of halogens is 1. The lowest BCUT2D eigenvalue weighted by Gasteiger charge is -2.26. The third-order valence-electron chi connectivity index (χ3n) is 10.4. The van der Waals surface area contributed by atoms with Crippen molar-refractivity contribution in [3.05, 3.63) is 106 Å². The van der Waals surface area contributed by atoms with Crippen LogP contribution in [0.1, 0.15) is 86.7 Å². The Morgan fingerprint density at radius 1 is 0.940 bits per heavy atom. The van der Waals surface area contributed by atoms with E-state index in [2.05, 4.69) is 111 Å². The molecule has 0 unspecified atom stereocenters. The molecule has 2 heterocycles. The number of hydrogen-bond donors (Lipinski definition) is 1. The summed E-state index contributed by atoms with van der Waals surface area (Å²) in [7, 11) is 3.99. The fraction of sp³-hybridized carbons (Fsp3) is 0.419. The molecule has 0 bridgehead atoms. The lowest BCUT2D eigenvalue weighted by atomic mass is 9.83. The Labute approximate surface area is 306 Å². The molecular formula is C43H52BrN5O. The van der Waals surface area contributed by atoms with Gasteiger partial charge in [-0.15, -0.1) is 0 Å². The number of fused-ring (bicyclic) bond motifs is 2. The fourth-order valence-corrected chi connectivity index (χ4v) is 7.76. The minimum atomic E-state index is 0.0880. The van der Waals surface area contributed by atoms with Crippen molar-refractivity contribution in [3.63, 3.8) is 0 Å². The molecule has 1 N–H and O–H groups in total. The van der Waals surface area contributed by atoms with Crippen molar-refractivity contribution in [2.45, 2.75) is 79.2 Å². The number of aromatic nitrogens is 3. The third-order valence-corrected chi connectivity index (χ3v) is 10.9. The van der Waals surface area contributed by atoms with Crippen LogP contribution in [0.15, 0.2) is 83.3 Å². The van der Waals surface area contributed by atoms with Gasteiger partial charge in [0.2, 0.25) is 0 Å². The number of nitrogens with one attached hydrogen (secondary N) is 1. The largest absolute Gasteiger partial charge is 0.362 e. The quantitative estimate of drug-likeness (QED) is 0.169. The zero-order valence-corrected chi connectivity index (χ0v) is 32.2. The predicted molar refractivity (Wildman–Crippen MR) is 211 cm³/mol. The standard InChI is InChI=1S/C32H39BrN2O.C11H13N3/c1-22-7-9-23(10-8-22)20-34-21-24-5-4-6-27(17-24)35-29(25-11-13-26(33)14-12-25)18-28-30(35)19-32(2,3)16-15-31(28)36;1-8-12-10-7-5-4-6-9(10)11(13-8)14(2)3/h4-6,11-14,17-18,22-23,34H,7-10,15-16,19-21H2,1-3H3;4-7H,1-3H3. The monoisotopic (exact) mass is 733 g/mol. The molecular weight excluding hydrogens is 682 g/mol. The molecule has 0 amide bonds. The zero-order chi connectivity index (χ0) is 35.4. The van der Waals surface area contributed by atoms with Gasteiger partial charge in [-0.25, -0.2) is 9.97 Å². The van der Waals surface area contributed by atoms with E-state index in [0.717, 1.165) is 93.0 Å². The number of carbonyl (C=O) groups is 1. The molecule has 1 fully saturated rings. The van der Waals surface area contributed by atoms with Gasteiger partial charge in [0.25, 0.3) is 0 Å². The lowest BCUT2D eigenvalue weighted by molar-refractivity contribution is 0.0971. The number of aryl methyl sites for hydroxylation is 1. The van der Waals surface area contributed by atoms with Crippen molar-refractivity contribution in [1.82, 2.24) is 19.9 Å². The second kappa shape index (κ2) is 15.6. The Balaban J connectivity index is 0.000000257. The van der Waals surface area contributed by atoms with Gasteiger partial charge in [-0.3, -0.25) is 4.79 Å². The van der Waals surface area contributed by atoms with Crippen molar-refractivity contribution >= 4 is 38.4 Å². The lowest BCUT2D eigenvalue weighted by Crippen LogP contribution is -2.25. The molecule has 7 rings (SSSR count). The predicted octanol–water partition coefficient (Wildman–Crippen LogP) is 10.4. The second-order valence-electron chi connectivity index (χ2n) is 15.4. The summed E-state index contributed by atoms with van der Waals surface area (Å²) in [4.78, 5) is 24.0. The van der Waals surface area contributed by atoms with Gasteiger partial charge >= 0.3 is 0 Å². The number of para-hydroxylation sites is 1. The summed E-state index contributed by atoms with van der Waals surface area (Å²) in [5.74, 6) is 3.76. The Morgan fingerprint density at radius 3 is 2.42 bits per heavy atom. The molecule has 0 saturated heterocycles. The molecule has 3 aromatic carbocycles.